The summed E-state index contributed by atoms with van der Waals surface area (Å²) in [6, 6.07) is 14.8. The van der Waals surface area contributed by atoms with Crippen molar-refractivity contribution >= 4 is 39.1 Å². The number of ether oxygens (including phenoxy) is 1. The number of carbonyl (C=O) groups is 2. The second kappa shape index (κ2) is 7.70. The largest absolute Gasteiger partial charge is 0.492 e. The summed E-state index contributed by atoms with van der Waals surface area (Å²) in [5, 5.41) is 2.89. The fraction of sp³-hybridized carbons (Fsp3) is 0.263. The number of nitrogens with one attached hydrogen (secondary N) is 1. The van der Waals surface area contributed by atoms with Gasteiger partial charge in [-0.1, -0.05) is 28.1 Å². The quantitative estimate of drug-likeness (QED) is 0.826. The Balaban J connectivity index is 1.70. The zero-order chi connectivity index (χ0) is 17.8. The molecule has 1 atom stereocenters. The van der Waals surface area contributed by atoms with Gasteiger partial charge in [0, 0.05) is 23.1 Å². The third-order valence-electron chi connectivity index (χ3n) is 4.08. The first kappa shape index (κ1) is 17.5. The maximum absolute atomic E-state index is 12.6. The molecule has 1 unspecified atom stereocenters. The molecule has 1 aliphatic rings. The third kappa shape index (κ3) is 4.02. The van der Waals surface area contributed by atoms with Crippen LogP contribution in [0.1, 0.15) is 13.3 Å². The van der Waals surface area contributed by atoms with Crippen LogP contribution in [-0.2, 0) is 9.59 Å². The normalized spacial score (nSPS) is 16.8. The number of nitrogens with zero attached hydrogens (tertiary/aromatic N) is 1. The Bertz CT molecular complexity index is 776. The van der Waals surface area contributed by atoms with E-state index in [1.807, 2.05) is 49.4 Å². The molecule has 1 saturated heterocycles. The minimum atomic E-state index is -0.383. The molecule has 1 fully saturated rings. The van der Waals surface area contributed by atoms with Gasteiger partial charge in [0.05, 0.1) is 18.2 Å². The molecule has 6 heteroatoms. The van der Waals surface area contributed by atoms with Crippen molar-refractivity contribution in [2.45, 2.75) is 13.3 Å². The molecule has 1 heterocycles. The predicted octanol–water partition coefficient (Wildman–Crippen LogP) is 3.84. The average molecular weight is 403 g/mol. The number of halogens is 1. The number of para-hydroxylation sites is 2. The van der Waals surface area contributed by atoms with E-state index in [-0.39, 0.29) is 24.2 Å². The topological polar surface area (TPSA) is 58.6 Å². The van der Waals surface area contributed by atoms with E-state index in [0.717, 1.165) is 10.2 Å². The molecule has 2 aromatic carbocycles. The highest BCUT2D eigenvalue weighted by atomic mass is 79.9. The van der Waals surface area contributed by atoms with E-state index in [2.05, 4.69) is 21.2 Å². The Morgan fingerprint density at radius 3 is 2.68 bits per heavy atom. The van der Waals surface area contributed by atoms with Gasteiger partial charge in [-0.05, 0) is 43.3 Å². The van der Waals surface area contributed by atoms with Crippen molar-refractivity contribution < 1.29 is 14.3 Å². The molecule has 5 nitrogen and oxygen atoms in total. The second-order valence-corrected chi connectivity index (χ2v) is 6.72. The lowest BCUT2D eigenvalue weighted by Crippen LogP contribution is -2.28. The highest BCUT2D eigenvalue weighted by Gasteiger charge is 2.35. The van der Waals surface area contributed by atoms with Gasteiger partial charge in [0.15, 0.2) is 0 Å². The molecule has 3 rings (SSSR count). The van der Waals surface area contributed by atoms with Crippen LogP contribution in [0.4, 0.5) is 11.4 Å². The predicted molar refractivity (Wildman–Crippen MR) is 101 cm³/mol. The highest BCUT2D eigenvalue weighted by Crippen LogP contribution is 2.29. The van der Waals surface area contributed by atoms with Gasteiger partial charge in [0.1, 0.15) is 5.75 Å². The maximum Gasteiger partial charge on any atom is 0.229 e. The van der Waals surface area contributed by atoms with Gasteiger partial charge in [-0.15, -0.1) is 0 Å². The molecular weight excluding hydrogens is 384 g/mol. The van der Waals surface area contributed by atoms with Crippen molar-refractivity contribution in [3.8, 4) is 5.75 Å². The molecule has 0 spiro atoms. The monoisotopic (exact) mass is 402 g/mol. The first-order valence-electron chi connectivity index (χ1n) is 8.17. The molecule has 2 amide bonds. The van der Waals surface area contributed by atoms with Gasteiger partial charge in [0.25, 0.3) is 0 Å². The van der Waals surface area contributed by atoms with Crippen molar-refractivity contribution in [1.29, 1.82) is 0 Å². The van der Waals surface area contributed by atoms with E-state index in [1.54, 1.807) is 11.0 Å². The molecule has 25 heavy (non-hydrogen) atoms. The average Bonchev–Trinajstić information content (AvgIpc) is 2.99. The second-order valence-electron chi connectivity index (χ2n) is 5.80. The highest BCUT2D eigenvalue weighted by molar-refractivity contribution is 9.10. The number of carbonyl (C=O) groups excluding carboxylic acids is 2. The number of rotatable bonds is 5. The molecule has 0 bridgehead atoms. The lowest BCUT2D eigenvalue weighted by molar-refractivity contribution is -0.122. The van der Waals surface area contributed by atoms with Gasteiger partial charge in [-0.25, -0.2) is 0 Å². The van der Waals surface area contributed by atoms with Crippen LogP contribution in [0.15, 0.2) is 53.0 Å². The van der Waals surface area contributed by atoms with E-state index >= 15 is 0 Å². The first-order valence-corrected chi connectivity index (χ1v) is 8.96. The number of hydrogen-bond acceptors (Lipinski definition) is 3. The summed E-state index contributed by atoms with van der Waals surface area (Å²) in [5.74, 6) is 0.0407. The summed E-state index contributed by atoms with van der Waals surface area (Å²) in [6.45, 7) is 2.79. The Morgan fingerprint density at radius 2 is 1.96 bits per heavy atom. The summed E-state index contributed by atoms with van der Waals surface area (Å²) in [4.78, 5) is 26.6. The van der Waals surface area contributed by atoms with Crippen LogP contribution >= 0.6 is 15.9 Å². The van der Waals surface area contributed by atoms with Crippen LogP contribution in [0.25, 0.3) is 0 Å². The van der Waals surface area contributed by atoms with Crippen molar-refractivity contribution in [1.82, 2.24) is 0 Å². The smallest absolute Gasteiger partial charge is 0.229 e. The van der Waals surface area contributed by atoms with Gasteiger partial charge < -0.3 is 15.0 Å². The molecular formula is C19H19BrN2O3. The molecule has 1 N–H and O–H groups in total. The van der Waals surface area contributed by atoms with E-state index in [4.69, 9.17) is 4.74 Å². The number of anilines is 2. The Labute approximate surface area is 155 Å². The number of benzene rings is 2. The number of amides is 2. The van der Waals surface area contributed by atoms with Crippen molar-refractivity contribution in [3.63, 3.8) is 0 Å². The Hall–Kier alpha value is -2.34. The fourth-order valence-electron chi connectivity index (χ4n) is 2.84. The standard InChI is InChI=1S/C19H19BrN2O3/c1-2-25-17-6-4-3-5-16(17)21-19(24)13-11-18(23)22(12-13)15-9-7-14(20)8-10-15/h3-10,13H,2,11-12H2,1H3,(H,21,24). The molecule has 0 aromatic heterocycles. The van der Waals surface area contributed by atoms with Crippen LogP contribution in [0, 0.1) is 5.92 Å². The first-order chi connectivity index (χ1) is 12.1. The minimum absolute atomic E-state index is 0.0411. The fourth-order valence-corrected chi connectivity index (χ4v) is 3.10. The SMILES string of the molecule is CCOc1ccccc1NC(=O)C1CC(=O)N(c2ccc(Br)cc2)C1. The van der Waals surface area contributed by atoms with Crippen LogP contribution in [0.2, 0.25) is 0 Å². The summed E-state index contributed by atoms with van der Waals surface area (Å²) >= 11 is 3.38. The summed E-state index contributed by atoms with van der Waals surface area (Å²) in [6.07, 6.45) is 0.207. The van der Waals surface area contributed by atoms with Crippen LogP contribution in [0.5, 0.6) is 5.75 Å². The summed E-state index contributed by atoms with van der Waals surface area (Å²) in [7, 11) is 0. The molecule has 2 aromatic rings. The van der Waals surface area contributed by atoms with E-state index in [0.29, 0.717) is 24.6 Å². The molecule has 130 valence electrons. The molecule has 1 aliphatic heterocycles. The Kier molecular flexibility index (Phi) is 5.38. The van der Waals surface area contributed by atoms with Gasteiger partial charge in [0.2, 0.25) is 11.8 Å². The zero-order valence-corrected chi connectivity index (χ0v) is 15.5. The lowest BCUT2D eigenvalue weighted by Gasteiger charge is -2.17. The van der Waals surface area contributed by atoms with Crippen molar-refractivity contribution in [2.24, 2.45) is 5.92 Å². The van der Waals surface area contributed by atoms with E-state index < -0.39 is 0 Å². The lowest BCUT2D eigenvalue weighted by atomic mass is 10.1. The van der Waals surface area contributed by atoms with Crippen molar-refractivity contribution in [3.05, 3.63) is 53.0 Å². The Morgan fingerprint density at radius 1 is 1.24 bits per heavy atom. The van der Waals surface area contributed by atoms with Crippen LogP contribution < -0.4 is 15.0 Å². The van der Waals surface area contributed by atoms with Crippen LogP contribution in [0.3, 0.4) is 0 Å². The molecule has 0 saturated carbocycles. The maximum atomic E-state index is 12.6. The minimum Gasteiger partial charge on any atom is -0.492 e. The number of hydrogen-bond donors (Lipinski definition) is 1. The van der Waals surface area contributed by atoms with Gasteiger partial charge in [-0.2, -0.15) is 0 Å². The summed E-state index contributed by atoms with van der Waals surface area (Å²) in [5.41, 5.74) is 1.43. The van der Waals surface area contributed by atoms with Gasteiger partial charge >= 0.3 is 0 Å². The van der Waals surface area contributed by atoms with E-state index in [1.165, 1.54) is 0 Å². The van der Waals surface area contributed by atoms with Crippen molar-refractivity contribution in [2.75, 3.05) is 23.4 Å². The molecule has 0 radical (unpaired) electrons. The van der Waals surface area contributed by atoms with Crippen LogP contribution in [-0.4, -0.2) is 25.0 Å². The van der Waals surface area contributed by atoms with E-state index in [9.17, 15) is 9.59 Å². The zero-order valence-electron chi connectivity index (χ0n) is 13.9. The van der Waals surface area contributed by atoms with Gasteiger partial charge in [-0.3, -0.25) is 9.59 Å². The molecule has 0 aliphatic carbocycles. The summed E-state index contributed by atoms with van der Waals surface area (Å²) < 4.78 is 6.48. The third-order valence-corrected chi connectivity index (χ3v) is 4.61.